The average Bonchev–Trinajstić information content (AvgIpc) is 2.43. The second-order valence-corrected chi connectivity index (χ2v) is 4.88. The Morgan fingerprint density at radius 3 is 2.36 bits per heavy atom. The van der Waals surface area contributed by atoms with Crippen molar-refractivity contribution in [1.29, 1.82) is 0 Å². The summed E-state index contributed by atoms with van der Waals surface area (Å²) in [5, 5.41) is 0.558. The van der Waals surface area contributed by atoms with Crippen molar-refractivity contribution in [3.8, 4) is 0 Å². The van der Waals surface area contributed by atoms with Crippen molar-refractivity contribution in [3.63, 3.8) is 0 Å². The number of nitrogens with zero attached hydrogens (tertiary/aromatic N) is 2. The Hall–Kier alpha value is 0.270. The monoisotopic (exact) mass is 216 g/mol. The third kappa shape index (κ3) is 4.20. The zero-order chi connectivity index (χ0) is 10.4. The molecule has 0 radical (unpaired) electrons. The van der Waals surface area contributed by atoms with E-state index in [0.717, 1.165) is 6.54 Å². The minimum absolute atomic E-state index is 0.558. The van der Waals surface area contributed by atoms with Crippen LogP contribution in [0.15, 0.2) is 0 Å². The summed E-state index contributed by atoms with van der Waals surface area (Å²) in [7, 11) is 0. The predicted molar refractivity (Wildman–Crippen MR) is 66.2 cm³/mol. The largest absolute Gasteiger partial charge is 0.302 e. The van der Waals surface area contributed by atoms with Crippen LogP contribution in [-0.2, 0) is 0 Å². The van der Waals surface area contributed by atoms with Crippen LogP contribution in [0.4, 0.5) is 0 Å². The summed E-state index contributed by atoms with van der Waals surface area (Å²) < 4.78 is 0. The molecule has 0 spiro atoms. The highest BCUT2D eigenvalue weighted by Crippen LogP contribution is 2.07. The van der Waals surface area contributed by atoms with Gasteiger partial charge in [-0.3, -0.25) is 0 Å². The van der Waals surface area contributed by atoms with Crippen molar-refractivity contribution in [2.24, 2.45) is 0 Å². The minimum Gasteiger partial charge on any atom is -0.302 e. The van der Waals surface area contributed by atoms with E-state index in [9.17, 15) is 0 Å². The standard InChI is InChI=1S/C11H24N2S/c1-3-11(14)10-13-7-5-6-12(4-2)8-9-13/h11,14H,3-10H2,1-2H3. The smallest absolute Gasteiger partial charge is 0.0142 e. The summed E-state index contributed by atoms with van der Waals surface area (Å²) in [6, 6.07) is 0. The van der Waals surface area contributed by atoms with Gasteiger partial charge in [-0.15, -0.1) is 0 Å². The summed E-state index contributed by atoms with van der Waals surface area (Å²) in [6.07, 6.45) is 2.50. The molecule has 2 nitrogen and oxygen atoms in total. The predicted octanol–water partition coefficient (Wildman–Crippen LogP) is 1.72. The van der Waals surface area contributed by atoms with E-state index in [1.54, 1.807) is 0 Å². The van der Waals surface area contributed by atoms with E-state index in [2.05, 4.69) is 36.3 Å². The van der Waals surface area contributed by atoms with E-state index < -0.39 is 0 Å². The molecule has 1 fully saturated rings. The maximum absolute atomic E-state index is 4.57. The molecule has 84 valence electrons. The maximum Gasteiger partial charge on any atom is 0.0142 e. The molecular formula is C11H24N2S. The van der Waals surface area contributed by atoms with Gasteiger partial charge in [0.2, 0.25) is 0 Å². The number of hydrogen-bond acceptors (Lipinski definition) is 3. The topological polar surface area (TPSA) is 6.48 Å². The van der Waals surface area contributed by atoms with Crippen LogP contribution in [0.1, 0.15) is 26.7 Å². The van der Waals surface area contributed by atoms with E-state index in [1.807, 2.05) is 0 Å². The second-order valence-electron chi connectivity index (χ2n) is 4.15. The van der Waals surface area contributed by atoms with Gasteiger partial charge in [-0.1, -0.05) is 13.8 Å². The molecule has 1 aliphatic heterocycles. The summed E-state index contributed by atoms with van der Waals surface area (Å²) in [5.41, 5.74) is 0. The summed E-state index contributed by atoms with van der Waals surface area (Å²) in [4.78, 5) is 5.11. The first-order valence-corrected chi connectivity index (χ1v) is 6.40. The van der Waals surface area contributed by atoms with Crippen molar-refractivity contribution >= 4 is 12.6 Å². The Bertz CT molecular complexity index is 152. The molecule has 14 heavy (non-hydrogen) atoms. The number of likely N-dealkylation sites (N-methyl/N-ethyl adjacent to an activating group) is 1. The summed E-state index contributed by atoms with van der Waals surface area (Å²) >= 11 is 4.57. The molecule has 1 aliphatic rings. The molecule has 0 bridgehead atoms. The van der Waals surface area contributed by atoms with Gasteiger partial charge in [0.15, 0.2) is 0 Å². The van der Waals surface area contributed by atoms with Crippen molar-refractivity contribution < 1.29 is 0 Å². The Balaban J connectivity index is 2.27. The molecule has 0 aromatic heterocycles. The molecule has 1 atom stereocenters. The molecule has 0 saturated carbocycles. The molecular weight excluding hydrogens is 192 g/mol. The van der Waals surface area contributed by atoms with Gasteiger partial charge in [0.1, 0.15) is 0 Å². The van der Waals surface area contributed by atoms with Crippen LogP contribution in [0.25, 0.3) is 0 Å². The van der Waals surface area contributed by atoms with Crippen molar-refractivity contribution in [1.82, 2.24) is 9.80 Å². The lowest BCUT2D eigenvalue weighted by Gasteiger charge is -2.23. The lowest BCUT2D eigenvalue weighted by Crippen LogP contribution is -2.34. The Labute approximate surface area is 94.1 Å². The van der Waals surface area contributed by atoms with Gasteiger partial charge >= 0.3 is 0 Å². The molecule has 0 aliphatic carbocycles. The highest BCUT2D eigenvalue weighted by molar-refractivity contribution is 7.81. The lowest BCUT2D eigenvalue weighted by atomic mass is 10.3. The van der Waals surface area contributed by atoms with Crippen LogP contribution >= 0.6 is 12.6 Å². The summed E-state index contributed by atoms with van der Waals surface area (Å²) in [5.74, 6) is 0. The van der Waals surface area contributed by atoms with Crippen LogP contribution in [0.3, 0.4) is 0 Å². The number of hydrogen-bond donors (Lipinski definition) is 1. The van der Waals surface area contributed by atoms with E-state index in [-0.39, 0.29) is 0 Å². The SMILES string of the molecule is CCC(S)CN1CCCN(CC)CC1. The normalized spacial score (nSPS) is 23.4. The molecule has 3 heteroatoms. The van der Waals surface area contributed by atoms with Crippen molar-refractivity contribution in [3.05, 3.63) is 0 Å². The third-order valence-electron chi connectivity index (χ3n) is 3.07. The van der Waals surface area contributed by atoms with Gasteiger partial charge < -0.3 is 9.80 Å². The van der Waals surface area contributed by atoms with Crippen LogP contribution in [0.2, 0.25) is 0 Å². The molecule has 1 rings (SSSR count). The average molecular weight is 216 g/mol. The van der Waals surface area contributed by atoms with Crippen LogP contribution in [-0.4, -0.2) is 54.3 Å². The minimum atomic E-state index is 0.558. The first-order chi connectivity index (χ1) is 6.76. The van der Waals surface area contributed by atoms with Gasteiger partial charge in [0.25, 0.3) is 0 Å². The Morgan fingerprint density at radius 1 is 1.07 bits per heavy atom. The van der Waals surface area contributed by atoms with Crippen LogP contribution < -0.4 is 0 Å². The fourth-order valence-electron chi connectivity index (χ4n) is 1.95. The quantitative estimate of drug-likeness (QED) is 0.715. The van der Waals surface area contributed by atoms with Crippen molar-refractivity contribution in [2.75, 3.05) is 39.3 Å². The maximum atomic E-state index is 4.57. The van der Waals surface area contributed by atoms with Crippen LogP contribution in [0.5, 0.6) is 0 Å². The van der Waals surface area contributed by atoms with Gasteiger partial charge in [-0.2, -0.15) is 12.6 Å². The van der Waals surface area contributed by atoms with Crippen LogP contribution in [0, 0.1) is 0 Å². The third-order valence-corrected chi connectivity index (χ3v) is 3.60. The number of rotatable bonds is 4. The molecule has 0 N–H and O–H groups in total. The summed E-state index contributed by atoms with van der Waals surface area (Å²) in [6.45, 7) is 11.8. The Kier molecular flexibility index (Phi) is 5.90. The molecule has 0 aromatic rings. The van der Waals surface area contributed by atoms with E-state index >= 15 is 0 Å². The van der Waals surface area contributed by atoms with Gasteiger partial charge in [0.05, 0.1) is 0 Å². The molecule has 1 unspecified atom stereocenters. The van der Waals surface area contributed by atoms with Gasteiger partial charge in [-0.25, -0.2) is 0 Å². The first-order valence-electron chi connectivity index (χ1n) is 5.89. The van der Waals surface area contributed by atoms with Gasteiger partial charge in [0, 0.05) is 24.9 Å². The highest BCUT2D eigenvalue weighted by Gasteiger charge is 2.14. The zero-order valence-electron chi connectivity index (χ0n) is 9.58. The van der Waals surface area contributed by atoms with E-state index in [1.165, 1.54) is 45.6 Å². The fraction of sp³-hybridized carbons (Fsp3) is 1.00. The van der Waals surface area contributed by atoms with Crippen molar-refractivity contribution in [2.45, 2.75) is 31.9 Å². The molecule has 0 amide bonds. The highest BCUT2D eigenvalue weighted by atomic mass is 32.1. The van der Waals surface area contributed by atoms with Gasteiger partial charge in [-0.05, 0) is 32.5 Å². The number of thiol groups is 1. The Morgan fingerprint density at radius 2 is 1.71 bits per heavy atom. The molecule has 1 heterocycles. The second kappa shape index (κ2) is 6.70. The lowest BCUT2D eigenvalue weighted by molar-refractivity contribution is 0.263. The first kappa shape index (κ1) is 12.3. The molecule has 1 saturated heterocycles. The molecule has 0 aromatic carbocycles. The zero-order valence-corrected chi connectivity index (χ0v) is 10.5. The fourth-order valence-corrected chi connectivity index (χ4v) is 2.18. The van der Waals surface area contributed by atoms with E-state index in [0.29, 0.717) is 5.25 Å². The van der Waals surface area contributed by atoms with E-state index in [4.69, 9.17) is 0 Å².